The third kappa shape index (κ3) is 2.20. The van der Waals surface area contributed by atoms with Crippen molar-refractivity contribution < 1.29 is 4.74 Å². The van der Waals surface area contributed by atoms with Crippen LogP contribution in [0.3, 0.4) is 0 Å². The Morgan fingerprint density at radius 1 is 1.25 bits per heavy atom. The maximum atomic E-state index is 6.36. The van der Waals surface area contributed by atoms with Crippen LogP contribution in [0.5, 0.6) is 0 Å². The molecular weight excluding hydrogens is 368 g/mol. The molecule has 5 nitrogen and oxygen atoms in total. The Kier molecular flexibility index (Phi) is 3.39. The van der Waals surface area contributed by atoms with Gasteiger partial charge >= 0.3 is 0 Å². The van der Waals surface area contributed by atoms with Gasteiger partial charge in [-0.05, 0) is 44.0 Å². The first-order valence-corrected chi connectivity index (χ1v) is 9.41. The molecule has 1 spiro atoms. The quantitative estimate of drug-likeness (QED) is 0.813. The number of fused-ring (bicyclic) bond motifs is 3. The fourth-order valence-corrected chi connectivity index (χ4v) is 5.14. The van der Waals surface area contributed by atoms with Gasteiger partial charge in [0.2, 0.25) is 0 Å². The van der Waals surface area contributed by atoms with Gasteiger partial charge in [-0.2, -0.15) is 0 Å². The molecule has 2 unspecified atom stereocenters. The van der Waals surface area contributed by atoms with Gasteiger partial charge in [0, 0.05) is 28.0 Å². The predicted molar refractivity (Wildman–Crippen MR) is 97.7 cm³/mol. The number of aromatic nitrogens is 1. The lowest BCUT2D eigenvalue weighted by molar-refractivity contribution is -0.137. The van der Waals surface area contributed by atoms with Crippen molar-refractivity contribution in [3.05, 3.63) is 34.9 Å². The van der Waals surface area contributed by atoms with Crippen molar-refractivity contribution in [1.82, 2.24) is 9.88 Å². The monoisotopic (exact) mass is 388 g/mol. The maximum absolute atomic E-state index is 6.36. The Labute approximate surface area is 149 Å². The molecule has 0 saturated carbocycles. The molecule has 6 rings (SSSR count). The minimum absolute atomic E-state index is 0.125. The summed E-state index contributed by atoms with van der Waals surface area (Å²) >= 11 is 3.64. The zero-order chi connectivity index (χ0) is 16.3. The normalized spacial score (nSPS) is 35.2. The van der Waals surface area contributed by atoms with Gasteiger partial charge in [-0.1, -0.05) is 28.1 Å². The van der Waals surface area contributed by atoms with Crippen LogP contribution in [0, 0.1) is 5.92 Å². The van der Waals surface area contributed by atoms with E-state index < -0.39 is 6.35 Å². The molecule has 2 bridgehead atoms. The average molecular weight is 389 g/mol. The second-order valence-corrected chi connectivity index (χ2v) is 8.11. The fraction of sp³-hybridized carbons (Fsp3) is 0.500. The van der Waals surface area contributed by atoms with Crippen LogP contribution in [0.25, 0.3) is 10.8 Å². The molecule has 24 heavy (non-hydrogen) atoms. The maximum Gasteiger partial charge on any atom is 0.186 e. The van der Waals surface area contributed by atoms with Crippen molar-refractivity contribution >= 4 is 32.5 Å². The van der Waals surface area contributed by atoms with E-state index in [4.69, 9.17) is 10.5 Å². The summed E-state index contributed by atoms with van der Waals surface area (Å²) in [5, 5.41) is 2.28. The van der Waals surface area contributed by atoms with Crippen LogP contribution < -0.4 is 10.6 Å². The Morgan fingerprint density at radius 2 is 2.08 bits per heavy atom. The van der Waals surface area contributed by atoms with Crippen LogP contribution in [0.1, 0.15) is 12.8 Å². The number of halogens is 1. The molecule has 2 aromatic rings. The molecule has 4 aliphatic heterocycles. The van der Waals surface area contributed by atoms with E-state index in [0.29, 0.717) is 5.92 Å². The molecule has 0 radical (unpaired) electrons. The standard InChI is InChI=1S/C18H21BrN4O/c19-15-3-1-2-12-9-21-16(8-14(12)15)23-11-18(24-17(23)20)10-22-6-4-13(18)5-7-22/h1-3,8-9,13,17H,4-7,10-11,20H2. The first-order chi connectivity index (χ1) is 11.6. The highest BCUT2D eigenvalue weighted by molar-refractivity contribution is 9.10. The number of nitrogens with zero attached hydrogens (tertiary/aromatic N) is 3. The van der Waals surface area contributed by atoms with Gasteiger partial charge in [0.05, 0.1) is 6.54 Å². The molecule has 2 N–H and O–H groups in total. The van der Waals surface area contributed by atoms with Gasteiger partial charge < -0.3 is 14.5 Å². The molecule has 4 aliphatic rings. The number of hydrogen-bond donors (Lipinski definition) is 1. The van der Waals surface area contributed by atoms with Crippen LogP contribution in [-0.2, 0) is 4.74 Å². The van der Waals surface area contributed by atoms with E-state index in [0.717, 1.165) is 34.2 Å². The van der Waals surface area contributed by atoms with Crippen LogP contribution in [0.2, 0.25) is 0 Å². The van der Waals surface area contributed by atoms with Gasteiger partial charge in [0.15, 0.2) is 6.35 Å². The van der Waals surface area contributed by atoms with Crippen molar-refractivity contribution in [2.24, 2.45) is 11.7 Å². The highest BCUT2D eigenvalue weighted by Gasteiger charge is 2.54. The Hall–Kier alpha value is -1.21. The van der Waals surface area contributed by atoms with Crippen molar-refractivity contribution in [3.63, 3.8) is 0 Å². The van der Waals surface area contributed by atoms with Crippen LogP contribution in [0.15, 0.2) is 34.9 Å². The zero-order valence-corrected chi connectivity index (χ0v) is 15.1. The summed E-state index contributed by atoms with van der Waals surface area (Å²) in [6.45, 7) is 4.23. The van der Waals surface area contributed by atoms with E-state index in [1.807, 2.05) is 12.3 Å². The van der Waals surface area contributed by atoms with Crippen molar-refractivity contribution in [3.8, 4) is 0 Å². The minimum Gasteiger partial charge on any atom is -0.335 e. The summed E-state index contributed by atoms with van der Waals surface area (Å²) in [6, 6.07) is 8.28. The smallest absolute Gasteiger partial charge is 0.186 e. The lowest BCUT2D eigenvalue weighted by Gasteiger charge is -2.50. The third-order valence-corrected chi connectivity index (χ3v) is 6.61. The van der Waals surface area contributed by atoms with E-state index in [9.17, 15) is 0 Å². The van der Waals surface area contributed by atoms with Gasteiger partial charge in [-0.25, -0.2) is 4.98 Å². The summed E-state index contributed by atoms with van der Waals surface area (Å²) in [5.41, 5.74) is 6.24. The summed E-state index contributed by atoms with van der Waals surface area (Å²) in [5.74, 6) is 1.51. The second kappa shape index (κ2) is 5.39. The number of anilines is 1. The summed E-state index contributed by atoms with van der Waals surface area (Å²) in [4.78, 5) is 9.29. The van der Waals surface area contributed by atoms with Gasteiger partial charge in [0.1, 0.15) is 11.4 Å². The first-order valence-electron chi connectivity index (χ1n) is 8.61. The highest BCUT2D eigenvalue weighted by atomic mass is 79.9. The lowest BCUT2D eigenvalue weighted by atomic mass is 9.75. The Morgan fingerprint density at radius 3 is 2.83 bits per heavy atom. The highest BCUT2D eigenvalue weighted by Crippen LogP contribution is 2.43. The molecule has 4 saturated heterocycles. The van der Waals surface area contributed by atoms with Crippen LogP contribution in [-0.4, -0.2) is 48.0 Å². The lowest BCUT2D eigenvalue weighted by Crippen LogP contribution is -2.61. The number of ether oxygens (including phenoxy) is 1. The third-order valence-electron chi connectivity index (χ3n) is 5.91. The molecule has 0 aliphatic carbocycles. The predicted octanol–water partition coefficient (Wildman–Crippen LogP) is 2.54. The summed E-state index contributed by atoms with van der Waals surface area (Å²) in [6.07, 6.45) is 3.94. The molecule has 126 valence electrons. The topological polar surface area (TPSA) is 54.6 Å². The number of nitrogens with two attached hydrogens (primary N) is 1. The number of benzene rings is 1. The molecule has 1 aromatic carbocycles. The van der Waals surface area contributed by atoms with E-state index in [2.05, 4.69) is 48.9 Å². The number of pyridine rings is 1. The zero-order valence-electron chi connectivity index (χ0n) is 13.5. The fourth-order valence-electron chi connectivity index (χ4n) is 4.65. The molecular formula is C18H21BrN4O. The number of hydrogen-bond acceptors (Lipinski definition) is 5. The minimum atomic E-state index is -0.419. The van der Waals surface area contributed by atoms with E-state index in [-0.39, 0.29) is 5.60 Å². The average Bonchev–Trinajstić information content (AvgIpc) is 2.92. The number of rotatable bonds is 1. The molecule has 0 amide bonds. The van der Waals surface area contributed by atoms with Crippen molar-refractivity contribution in [2.75, 3.05) is 31.1 Å². The summed E-state index contributed by atoms with van der Waals surface area (Å²) in [7, 11) is 0. The molecule has 2 atom stereocenters. The molecule has 6 heteroatoms. The molecule has 5 heterocycles. The Bertz CT molecular complexity index is 792. The summed E-state index contributed by atoms with van der Waals surface area (Å²) < 4.78 is 7.42. The van der Waals surface area contributed by atoms with Crippen LogP contribution >= 0.6 is 15.9 Å². The van der Waals surface area contributed by atoms with Gasteiger partial charge in [-0.3, -0.25) is 5.73 Å². The largest absolute Gasteiger partial charge is 0.335 e. The number of piperidine rings is 3. The Balaban J connectivity index is 1.50. The van der Waals surface area contributed by atoms with E-state index in [1.165, 1.54) is 25.9 Å². The van der Waals surface area contributed by atoms with E-state index in [1.54, 1.807) is 0 Å². The van der Waals surface area contributed by atoms with E-state index >= 15 is 0 Å². The molecule has 1 aromatic heterocycles. The van der Waals surface area contributed by atoms with Gasteiger partial charge in [0.25, 0.3) is 0 Å². The van der Waals surface area contributed by atoms with Crippen molar-refractivity contribution in [1.29, 1.82) is 0 Å². The first kappa shape index (κ1) is 15.1. The SMILES string of the molecule is NC1OC2(CN3CCC2CC3)CN1c1cc2c(Br)cccc2cn1. The van der Waals surface area contributed by atoms with Crippen LogP contribution in [0.4, 0.5) is 5.82 Å². The molecule has 4 fully saturated rings. The second-order valence-electron chi connectivity index (χ2n) is 7.25. The van der Waals surface area contributed by atoms with Gasteiger partial charge in [-0.15, -0.1) is 0 Å². The van der Waals surface area contributed by atoms with Crippen molar-refractivity contribution in [2.45, 2.75) is 24.8 Å².